The minimum absolute atomic E-state index is 0.0832. The van der Waals surface area contributed by atoms with Crippen LogP contribution in [0.25, 0.3) is 0 Å². The lowest BCUT2D eigenvalue weighted by Crippen LogP contribution is -2.12. The van der Waals surface area contributed by atoms with Crippen molar-refractivity contribution < 1.29 is 18.0 Å². The number of aromatic nitrogens is 1. The van der Waals surface area contributed by atoms with E-state index in [2.05, 4.69) is 15.6 Å². The summed E-state index contributed by atoms with van der Waals surface area (Å²) in [5.74, 6) is -0.285. The number of amides is 1. The number of carbonyl (C=O) groups excluding carboxylic acids is 1. The van der Waals surface area contributed by atoms with Gasteiger partial charge in [-0.2, -0.15) is 18.4 Å². The van der Waals surface area contributed by atoms with Crippen molar-refractivity contribution in [2.24, 2.45) is 0 Å². The first kappa shape index (κ1) is 19.9. The molecule has 0 fully saturated rings. The predicted molar refractivity (Wildman–Crippen MR) is 102 cm³/mol. The van der Waals surface area contributed by atoms with Gasteiger partial charge in [-0.25, -0.2) is 0 Å². The maximum Gasteiger partial charge on any atom is 0.416 e. The molecule has 5 nitrogen and oxygen atoms in total. The van der Waals surface area contributed by atoms with Gasteiger partial charge in [0.1, 0.15) is 6.07 Å². The number of halogens is 3. The minimum atomic E-state index is -4.50. The number of rotatable bonds is 5. The number of nitrogens with zero attached hydrogens (tertiary/aromatic N) is 2. The van der Waals surface area contributed by atoms with Crippen molar-refractivity contribution in [1.29, 1.82) is 5.26 Å². The van der Waals surface area contributed by atoms with Gasteiger partial charge in [0.15, 0.2) is 0 Å². The van der Waals surface area contributed by atoms with Crippen LogP contribution in [0.15, 0.2) is 67.0 Å². The van der Waals surface area contributed by atoms with Crippen molar-refractivity contribution in [1.82, 2.24) is 4.98 Å². The molecule has 1 amide bonds. The van der Waals surface area contributed by atoms with E-state index in [1.54, 1.807) is 48.7 Å². The molecule has 1 heterocycles. The maximum atomic E-state index is 12.8. The van der Waals surface area contributed by atoms with Gasteiger partial charge < -0.3 is 10.6 Å². The molecule has 1 aromatic heterocycles. The number of alkyl halides is 3. The van der Waals surface area contributed by atoms with E-state index < -0.39 is 11.7 Å². The molecule has 0 spiro atoms. The van der Waals surface area contributed by atoms with Gasteiger partial charge in [-0.05, 0) is 48.0 Å². The van der Waals surface area contributed by atoms with Crippen LogP contribution in [-0.2, 0) is 12.7 Å². The van der Waals surface area contributed by atoms with Crippen LogP contribution in [0.1, 0.15) is 27.0 Å². The van der Waals surface area contributed by atoms with E-state index in [1.807, 2.05) is 0 Å². The third-order valence-corrected chi connectivity index (χ3v) is 4.09. The van der Waals surface area contributed by atoms with Crippen LogP contribution >= 0.6 is 0 Å². The SMILES string of the molecule is N#Cc1cc(C(F)(F)F)ccc1NCc1ccc(NC(=O)c2cccnc2)cc1. The number of anilines is 2. The summed E-state index contributed by atoms with van der Waals surface area (Å²) in [6.45, 7) is 0.302. The maximum absolute atomic E-state index is 12.8. The first-order valence-corrected chi connectivity index (χ1v) is 8.52. The molecular weight excluding hydrogens is 381 g/mol. The molecule has 3 aromatic rings. The average Bonchev–Trinajstić information content (AvgIpc) is 2.73. The van der Waals surface area contributed by atoms with E-state index in [4.69, 9.17) is 5.26 Å². The third kappa shape index (κ3) is 5.11. The van der Waals surface area contributed by atoms with Gasteiger partial charge >= 0.3 is 6.18 Å². The monoisotopic (exact) mass is 396 g/mol. The Morgan fingerprint density at radius 3 is 2.48 bits per heavy atom. The molecule has 0 aliphatic rings. The van der Waals surface area contributed by atoms with Crippen molar-refractivity contribution >= 4 is 17.3 Å². The van der Waals surface area contributed by atoms with Gasteiger partial charge in [-0.1, -0.05) is 12.1 Å². The number of carbonyl (C=O) groups is 1. The minimum Gasteiger partial charge on any atom is -0.380 e. The summed E-state index contributed by atoms with van der Waals surface area (Å²) in [7, 11) is 0. The highest BCUT2D eigenvalue weighted by Gasteiger charge is 2.31. The normalized spacial score (nSPS) is 10.8. The number of pyridine rings is 1. The number of benzene rings is 2. The fourth-order valence-electron chi connectivity index (χ4n) is 2.57. The van der Waals surface area contributed by atoms with Crippen molar-refractivity contribution in [2.45, 2.75) is 12.7 Å². The highest BCUT2D eigenvalue weighted by atomic mass is 19.4. The van der Waals surface area contributed by atoms with Gasteiger partial charge in [0.05, 0.1) is 22.4 Å². The van der Waals surface area contributed by atoms with Gasteiger partial charge in [0, 0.05) is 24.6 Å². The van der Waals surface area contributed by atoms with Crippen LogP contribution in [0.4, 0.5) is 24.5 Å². The summed E-state index contributed by atoms with van der Waals surface area (Å²) in [5.41, 5.74) is 1.22. The fourth-order valence-corrected chi connectivity index (χ4v) is 2.57. The Bertz CT molecular complexity index is 1040. The largest absolute Gasteiger partial charge is 0.416 e. The third-order valence-electron chi connectivity index (χ3n) is 4.09. The lowest BCUT2D eigenvalue weighted by Gasteiger charge is -2.12. The van der Waals surface area contributed by atoms with Crippen LogP contribution in [0.2, 0.25) is 0 Å². The van der Waals surface area contributed by atoms with Crippen molar-refractivity contribution in [3.05, 3.63) is 89.2 Å². The van der Waals surface area contributed by atoms with Gasteiger partial charge in [0.25, 0.3) is 5.91 Å². The van der Waals surface area contributed by atoms with E-state index in [0.29, 0.717) is 23.5 Å². The van der Waals surface area contributed by atoms with E-state index >= 15 is 0 Å². The zero-order valence-corrected chi connectivity index (χ0v) is 15.0. The first-order chi connectivity index (χ1) is 13.9. The highest BCUT2D eigenvalue weighted by Crippen LogP contribution is 2.31. The van der Waals surface area contributed by atoms with Crippen LogP contribution < -0.4 is 10.6 Å². The standard InChI is InChI=1S/C21H15F3N4O/c22-21(23,24)17-5-8-19(16(10-17)11-25)27-12-14-3-6-18(7-4-14)28-20(29)15-2-1-9-26-13-15/h1-10,13,27H,12H2,(H,28,29). The average molecular weight is 396 g/mol. The number of nitrogens with one attached hydrogen (secondary N) is 2. The Labute approximate surface area is 164 Å². The molecule has 0 unspecified atom stereocenters. The molecule has 0 saturated heterocycles. The summed E-state index contributed by atoms with van der Waals surface area (Å²) >= 11 is 0. The van der Waals surface area contributed by atoms with Crippen molar-refractivity contribution in [3.8, 4) is 6.07 Å². The van der Waals surface area contributed by atoms with Crippen LogP contribution in [0.3, 0.4) is 0 Å². The lowest BCUT2D eigenvalue weighted by atomic mass is 10.1. The fraction of sp³-hybridized carbons (Fsp3) is 0.0952. The Hall–Kier alpha value is -3.86. The molecule has 0 saturated carbocycles. The molecule has 0 atom stereocenters. The Kier molecular flexibility index (Phi) is 5.79. The molecule has 2 N–H and O–H groups in total. The zero-order chi connectivity index (χ0) is 20.9. The second kappa shape index (κ2) is 8.44. The Morgan fingerprint density at radius 2 is 1.86 bits per heavy atom. The van der Waals surface area contributed by atoms with E-state index in [-0.39, 0.29) is 11.5 Å². The summed E-state index contributed by atoms with van der Waals surface area (Å²) in [4.78, 5) is 16.0. The summed E-state index contributed by atoms with van der Waals surface area (Å²) in [6.07, 6.45) is -1.46. The van der Waals surface area contributed by atoms with Gasteiger partial charge in [-0.3, -0.25) is 9.78 Å². The molecule has 3 rings (SSSR count). The number of hydrogen-bond donors (Lipinski definition) is 2. The topological polar surface area (TPSA) is 77.8 Å². The van der Waals surface area contributed by atoms with Gasteiger partial charge in [0.2, 0.25) is 0 Å². The van der Waals surface area contributed by atoms with E-state index in [9.17, 15) is 18.0 Å². The molecule has 2 aromatic carbocycles. The summed E-state index contributed by atoms with van der Waals surface area (Å²) in [5, 5.41) is 14.8. The molecule has 146 valence electrons. The highest BCUT2D eigenvalue weighted by molar-refractivity contribution is 6.03. The lowest BCUT2D eigenvalue weighted by molar-refractivity contribution is -0.137. The molecule has 0 radical (unpaired) electrons. The van der Waals surface area contributed by atoms with Crippen molar-refractivity contribution in [3.63, 3.8) is 0 Å². The number of nitriles is 1. The Morgan fingerprint density at radius 1 is 1.10 bits per heavy atom. The Balaban J connectivity index is 1.63. The van der Waals surface area contributed by atoms with Gasteiger partial charge in [-0.15, -0.1) is 0 Å². The second-order valence-corrected chi connectivity index (χ2v) is 6.12. The van der Waals surface area contributed by atoms with Crippen molar-refractivity contribution in [2.75, 3.05) is 10.6 Å². The molecule has 8 heteroatoms. The first-order valence-electron chi connectivity index (χ1n) is 8.52. The molecule has 29 heavy (non-hydrogen) atoms. The molecule has 0 aliphatic heterocycles. The molecular formula is C21H15F3N4O. The number of hydrogen-bond acceptors (Lipinski definition) is 4. The zero-order valence-electron chi connectivity index (χ0n) is 15.0. The molecule has 0 aliphatic carbocycles. The second-order valence-electron chi connectivity index (χ2n) is 6.12. The van der Waals surface area contributed by atoms with Crippen LogP contribution in [0.5, 0.6) is 0 Å². The van der Waals surface area contributed by atoms with E-state index in [1.165, 1.54) is 12.3 Å². The summed E-state index contributed by atoms with van der Waals surface area (Å²) in [6, 6.07) is 15.0. The molecule has 0 bridgehead atoms. The van der Waals surface area contributed by atoms with Crippen LogP contribution in [0, 0.1) is 11.3 Å². The van der Waals surface area contributed by atoms with E-state index in [0.717, 1.165) is 17.7 Å². The predicted octanol–water partition coefficient (Wildman–Crippen LogP) is 4.84. The smallest absolute Gasteiger partial charge is 0.380 e. The summed E-state index contributed by atoms with van der Waals surface area (Å²) < 4.78 is 38.3. The quantitative estimate of drug-likeness (QED) is 0.647. The van der Waals surface area contributed by atoms with Crippen LogP contribution in [-0.4, -0.2) is 10.9 Å².